The van der Waals surface area contributed by atoms with Crippen molar-refractivity contribution in [2.45, 2.75) is 17.9 Å². The van der Waals surface area contributed by atoms with Crippen LogP contribution in [0.15, 0.2) is 28.6 Å². The molecular formula is C16H22N4OS3. The summed E-state index contributed by atoms with van der Waals surface area (Å²) in [5.74, 6) is 0.972. The summed E-state index contributed by atoms with van der Waals surface area (Å²) in [5.41, 5.74) is 1.19. The van der Waals surface area contributed by atoms with Crippen LogP contribution in [0.25, 0.3) is 0 Å². The van der Waals surface area contributed by atoms with Crippen LogP contribution in [-0.4, -0.2) is 53.7 Å². The molecule has 0 saturated carbocycles. The Hall–Kier alpha value is -1.09. The zero-order valence-electron chi connectivity index (χ0n) is 14.0. The highest BCUT2D eigenvalue weighted by atomic mass is 32.2. The standard InChI is InChI=1S/C16H22N4OS3/c1-3-21-14-7-5-4-6-13(14)19-10-8-18(9-11-19)12-20-16(22)24-15(17-20)23-2/h4-7H,3,8-12H2,1-2H3. The molecule has 24 heavy (non-hydrogen) atoms. The number of rotatable bonds is 6. The zero-order valence-corrected chi connectivity index (χ0v) is 16.4. The maximum atomic E-state index is 5.76. The third kappa shape index (κ3) is 4.11. The highest BCUT2D eigenvalue weighted by Crippen LogP contribution is 2.29. The summed E-state index contributed by atoms with van der Waals surface area (Å²) in [4.78, 5) is 4.80. The minimum absolute atomic E-state index is 0.691. The fourth-order valence-electron chi connectivity index (χ4n) is 2.77. The molecule has 3 rings (SSSR count). The van der Waals surface area contributed by atoms with Crippen molar-refractivity contribution in [2.24, 2.45) is 0 Å². The van der Waals surface area contributed by atoms with Gasteiger partial charge in [0.1, 0.15) is 5.75 Å². The van der Waals surface area contributed by atoms with Gasteiger partial charge in [-0.2, -0.15) is 5.10 Å². The van der Waals surface area contributed by atoms with Gasteiger partial charge in [-0.3, -0.25) is 4.90 Å². The van der Waals surface area contributed by atoms with Crippen molar-refractivity contribution < 1.29 is 4.74 Å². The molecule has 0 radical (unpaired) electrons. The summed E-state index contributed by atoms with van der Waals surface area (Å²) in [6.45, 7) is 7.44. The first kappa shape index (κ1) is 17.7. The molecule has 0 atom stereocenters. The fraction of sp³-hybridized carbons (Fsp3) is 0.500. The van der Waals surface area contributed by atoms with E-state index >= 15 is 0 Å². The molecule has 130 valence electrons. The van der Waals surface area contributed by atoms with E-state index in [9.17, 15) is 0 Å². The number of nitrogens with zero attached hydrogens (tertiary/aromatic N) is 4. The van der Waals surface area contributed by atoms with Crippen LogP contribution in [0.1, 0.15) is 6.92 Å². The van der Waals surface area contributed by atoms with Gasteiger partial charge in [0.05, 0.1) is 19.0 Å². The van der Waals surface area contributed by atoms with Crippen molar-refractivity contribution in [3.8, 4) is 5.75 Å². The van der Waals surface area contributed by atoms with Gasteiger partial charge in [0, 0.05) is 26.2 Å². The van der Waals surface area contributed by atoms with E-state index in [1.54, 1.807) is 23.1 Å². The van der Waals surface area contributed by atoms with Crippen LogP contribution in [-0.2, 0) is 6.67 Å². The van der Waals surface area contributed by atoms with Crippen LogP contribution < -0.4 is 9.64 Å². The minimum Gasteiger partial charge on any atom is -0.492 e. The van der Waals surface area contributed by atoms with Crippen molar-refractivity contribution in [1.29, 1.82) is 0 Å². The maximum absolute atomic E-state index is 5.76. The van der Waals surface area contributed by atoms with E-state index in [-0.39, 0.29) is 0 Å². The molecule has 0 spiro atoms. The van der Waals surface area contributed by atoms with Crippen molar-refractivity contribution >= 4 is 41.0 Å². The largest absolute Gasteiger partial charge is 0.492 e. The van der Waals surface area contributed by atoms with E-state index in [4.69, 9.17) is 17.0 Å². The molecule has 0 bridgehead atoms. The molecule has 1 aliphatic rings. The Labute approximate surface area is 156 Å². The Morgan fingerprint density at radius 2 is 2.00 bits per heavy atom. The van der Waals surface area contributed by atoms with Crippen molar-refractivity contribution in [3.05, 3.63) is 28.2 Å². The van der Waals surface area contributed by atoms with Gasteiger partial charge in [-0.05, 0) is 37.5 Å². The van der Waals surface area contributed by atoms with Gasteiger partial charge in [-0.15, -0.1) is 0 Å². The van der Waals surface area contributed by atoms with Crippen LogP contribution in [0.3, 0.4) is 0 Å². The topological polar surface area (TPSA) is 33.5 Å². The van der Waals surface area contributed by atoms with Gasteiger partial charge < -0.3 is 9.64 Å². The second-order valence-corrected chi connectivity index (χ2v) is 8.16. The summed E-state index contributed by atoms with van der Waals surface area (Å²) in [7, 11) is 0. The van der Waals surface area contributed by atoms with Crippen LogP contribution in [0.5, 0.6) is 5.75 Å². The lowest BCUT2D eigenvalue weighted by atomic mass is 10.2. The van der Waals surface area contributed by atoms with Gasteiger partial charge in [-0.1, -0.05) is 35.2 Å². The molecule has 1 fully saturated rings. The molecule has 2 aromatic rings. The van der Waals surface area contributed by atoms with E-state index in [1.807, 2.05) is 30.0 Å². The Morgan fingerprint density at radius 3 is 2.67 bits per heavy atom. The SMILES string of the molecule is CCOc1ccccc1N1CCN(Cn2nc(SC)sc2=S)CC1. The maximum Gasteiger partial charge on any atom is 0.181 e. The van der Waals surface area contributed by atoms with Crippen LogP contribution in [0, 0.1) is 3.95 Å². The summed E-state index contributed by atoms with van der Waals surface area (Å²) in [5, 5.41) is 4.56. The minimum atomic E-state index is 0.691. The van der Waals surface area contributed by atoms with E-state index in [0.717, 1.165) is 46.9 Å². The first-order valence-electron chi connectivity index (χ1n) is 8.02. The number of benzene rings is 1. The second kappa shape index (κ2) is 8.33. The lowest BCUT2D eigenvalue weighted by Gasteiger charge is -2.36. The van der Waals surface area contributed by atoms with Gasteiger partial charge in [0.2, 0.25) is 0 Å². The average Bonchev–Trinajstić information content (AvgIpc) is 2.96. The van der Waals surface area contributed by atoms with Crippen molar-refractivity contribution in [1.82, 2.24) is 14.7 Å². The first-order chi connectivity index (χ1) is 11.7. The smallest absolute Gasteiger partial charge is 0.181 e. The normalized spacial score (nSPS) is 15.7. The van der Waals surface area contributed by atoms with Gasteiger partial charge in [-0.25, -0.2) is 4.68 Å². The zero-order chi connectivity index (χ0) is 16.9. The van der Waals surface area contributed by atoms with Crippen molar-refractivity contribution in [3.63, 3.8) is 0 Å². The number of ether oxygens (including phenoxy) is 1. The molecule has 5 nitrogen and oxygen atoms in total. The second-order valence-electron chi connectivity index (χ2n) is 5.48. The molecule has 8 heteroatoms. The van der Waals surface area contributed by atoms with Crippen LogP contribution in [0.4, 0.5) is 5.69 Å². The van der Waals surface area contributed by atoms with Gasteiger partial charge >= 0.3 is 0 Å². The van der Waals surface area contributed by atoms with E-state index < -0.39 is 0 Å². The highest BCUT2D eigenvalue weighted by molar-refractivity contribution is 8.00. The monoisotopic (exact) mass is 382 g/mol. The molecule has 1 aromatic heterocycles. The highest BCUT2D eigenvalue weighted by Gasteiger charge is 2.20. The predicted octanol–water partition coefficient (Wildman–Crippen LogP) is 3.57. The number of piperazine rings is 1. The molecule has 1 aromatic carbocycles. The van der Waals surface area contributed by atoms with Crippen LogP contribution >= 0.6 is 35.3 Å². The predicted molar refractivity (Wildman–Crippen MR) is 104 cm³/mol. The number of hydrogen-bond donors (Lipinski definition) is 0. The molecule has 0 aliphatic carbocycles. The van der Waals surface area contributed by atoms with Crippen molar-refractivity contribution in [2.75, 3.05) is 43.9 Å². The van der Waals surface area contributed by atoms with E-state index in [0.29, 0.717) is 6.61 Å². The molecule has 1 aliphatic heterocycles. The number of hydrogen-bond acceptors (Lipinski definition) is 7. The Bertz CT molecular complexity index is 722. The number of para-hydroxylation sites is 2. The average molecular weight is 383 g/mol. The Kier molecular flexibility index (Phi) is 6.15. The molecule has 0 N–H and O–H groups in total. The lowest BCUT2D eigenvalue weighted by Crippen LogP contribution is -2.47. The Morgan fingerprint density at radius 1 is 1.25 bits per heavy atom. The van der Waals surface area contributed by atoms with E-state index in [2.05, 4.69) is 27.0 Å². The molecular weight excluding hydrogens is 360 g/mol. The summed E-state index contributed by atoms with van der Waals surface area (Å²) < 4.78 is 9.58. The number of anilines is 1. The lowest BCUT2D eigenvalue weighted by molar-refractivity contribution is 0.193. The summed E-state index contributed by atoms with van der Waals surface area (Å²) in [6, 6.07) is 8.28. The molecule has 2 heterocycles. The number of aromatic nitrogens is 2. The molecule has 1 saturated heterocycles. The summed E-state index contributed by atoms with van der Waals surface area (Å²) >= 11 is 8.64. The first-order valence-corrected chi connectivity index (χ1v) is 10.5. The number of thioether (sulfide) groups is 1. The quantitative estimate of drug-likeness (QED) is 0.561. The third-order valence-corrected chi connectivity index (χ3v) is 6.26. The third-order valence-electron chi connectivity index (χ3n) is 3.97. The Balaban J connectivity index is 1.61. The van der Waals surface area contributed by atoms with Gasteiger partial charge in [0.15, 0.2) is 8.29 Å². The van der Waals surface area contributed by atoms with Crippen LogP contribution in [0.2, 0.25) is 0 Å². The van der Waals surface area contributed by atoms with Gasteiger partial charge in [0.25, 0.3) is 0 Å². The summed E-state index contributed by atoms with van der Waals surface area (Å²) in [6.07, 6.45) is 2.03. The molecule has 0 amide bonds. The fourth-order valence-corrected chi connectivity index (χ4v) is 4.51. The van der Waals surface area contributed by atoms with E-state index in [1.165, 1.54) is 5.69 Å². The molecule has 0 unspecified atom stereocenters.